The van der Waals surface area contributed by atoms with Gasteiger partial charge < -0.3 is 11.1 Å². The normalized spacial score (nSPS) is 21.8. The zero-order valence-corrected chi connectivity index (χ0v) is 12.5. The van der Waals surface area contributed by atoms with Crippen LogP contribution in [-0.2, 0) is 12.4 Å². The number of amides is 1. The summed E-state index contributed by atoms with van der Waals surface area (Å²) < 4.78 is 76.8. The van der Waals surface area contributed by atoms with E-state index in [9.17, 15) is 31.1 Å². The Bertz CT molecular complexity index is 579. The van der Waals surface area contributed by atoms with Crippen LogP contribution in [0.2, 0.25) is 0 Å². The predicted molar refractivity (Wildman–Crippen MR) is 74.1 cm³/mol. The number of halogens is 6. The molecule has 2 atom stereocenters. The van der Waals surface area contributed by atoms with Gasteiger partial charge in [-0.15, -0.1) is 0 Å². The molecule has 0 aliphatic heterocycles. The molecule has 9 heteroatoms. The Labute approximate surface area is 134 Å². The number of nitrogens with two attached hydrogens (primary N) is 1. The molecule has 1 aromatic rings. The second-order valence-electron chi connectivity index (χ2n) is 5.80. The fourth-order valence-electron chi connectivity index (χ4n) is 2.85. The molecule has 1 aromatic carbocycles. The third-order valence-corrected chi connectivity index (χ3v) is 4.13. The molecule has 3 nitrogen and oxygen atoms in total. The van der Waals surface area contributed by atoms with Crippen LogP contribution in [0.15, 0.2) is 18.2 Å². The van der Waals surface area contributed by atoms with Crippen LogP contribution >= 0.6 is 0 Å². The molecule has 134 valence electrons. The largest absolute Gasteiger partial charge is 0.416 e. The summed E-state index contributed by atoms with van der Waals surface area (Å²) in [6, 6.07) is 0.509. The first-order valence-corrected chi connectivity index (χ1v) is 7.33. The third-order valence-electron chi connectivity index (χ3n) is 4.13. The van der Waals surface area contributed by atoms with Crippen LogP contribution in [-0.4, -0.2) is 18.5 Å². The van der Waals surface area contributed by atoms with Gasteiger partial charge in [0.2, 0.25) is 0 Å². The third kappa shape index (κ3) is 4.19. The average Bonchev–Trinajstić information content (AvgIpc) is 2.92. The van der Waals surface area contributed by atoms with Crippen LogP contribution in [0.4, 0.5) is 26.3 Å². The number of carbonyl (C=O) groups excluding carboxylic acids is 1. The van der Waals surface area contributed by atoms with Crippen LogP contribution in [0.3, 0.4) is 0 Å². The molecular weight excluding hydrogens is 338 g/mol. The molecule has 1 saturated carbocycles. The fraction of sp³-hybridized carbons (Fsp3) is 0.533. The number of alkyl halides is 6. The van der Waals surface area contributed by atoms with Crippen molar-refractivity contribution in [3.05, 3.63) is 34.9 Å². The SMILES string of the molecule is NCC1CCCC1NC(=O)c1cc(C(F)(F)F)cc(C(F)(F)F)c1. The number of hydrogen-bond donors (Lipinski definition) is 2. The molecular formula is C15H16F6N2O. The summed E-state index contributed by atoms with van der Waals surface area (Å²) in [5.41, 5.74) is 1.87. The first-order valence-electron chi connectivity index (χ1n) is 7.33. The molecule has 24 heavy (non-hydrogen) atoms. The Kier molecular flexibility index (Phi) is 5.12. The lowest BCUT2D eigenvalue weighted by Gasteiger charge is -2.20. The van der Waals surface area contributed by atoms with E-state index in [4.69, 9.17) is 5.73 Å². The van der Waals surface area contributed by atoms with E-state index in [-0.39, 0.29) is 18.0 Å². The Morgan fingerprint density at radius 1 is 1.04 bits per heavy atom. The minimum absolute atomic E-state index is 0.00492. The summed E-state index contributed by atoms with van der Waals surface area (Å²) in [5, 5.41) is 2.50. The Hall–Kier alpha value is -1.77. The maximum atomic E-state index is 12.8. The average molecular weight is 354 g/mol. The number of nitrogens with one attached hydrogen (secondary N) is 1. The number of benzene rings is 1. The van der Waals surface area contributed by atoms with Gasteiger partial charge in [-0.05, 0) is 43.5 Å². The second-order valence-corrected chi connectivity index (χ2v) is 5.80. The quantitative estimate of drug-likeness (QED) is 0.816. The fourth-order valence-corrected chi connectivity index (χ4v) is 2.85. The van der Waals surface area contributed by atoms with Crippen molar-refractivity contribution < 1.29 is 31.1 Å². The van der Waals surface area contributed by atoms with Gasteiger partial charge in [-0.1, -0.05) is 6.42 Å². The molecule has 2 rings (SSSR count). The molecule has 1 amide bonds. The van der Waals surface area contributed by atoms with Crippen molar-refractivity contribution in [3.8, 4) is 0 Å². The van der Waals surface area contributed by atoms with Crippen LogP contribution < -0.4 is 11.1 Å². The van der Waals surface area contributed by atoms with Crippen molar-refractivity contribution in [3.63, 3.8) is 0 Å². The van der Waals surface area contributed by atoms with Crippen LogP contribution in [0.1, 0.15) is 40.7 Å². The molecule has 1 fully saturated rings. The van der Waals surface area contributed by atoms with Gasteiger partial charge in [0.25, 0.3) is 5.91 Å². The number of carbonyl (C=O) groups is 1. The highest BCUT2D eigenvalue weighted by atomic mass is 19.4. The van der Waals surface area contributed by atoms with Crippen molar-refractivity contribution in [1.82, 2.24) is 5.32 Å². The van der Waals surface area contributed by atoms with Gasteiger partial charge in [0, 0.05) is 11.6 Å². The minimum Gasteiger partial charge on any atom is -0.349 e. The molecule has 0 aromatic heterocycles. The van der Waals surface area contributed by atoms with E-state index in [1.54, 1.807) is 0 Å². The van der Waals surface area contributed by atoms with Gasteiger partial charge >= 0.3 is 12.4 Å². The molecule has 3 N–H and O–H groups in total. The van der Waals surface area contributed by atoms with E-state index < -0.39 is 35.0 Å². The van der Waals surface area contributed by atoms with E-state index >= 15 is 0 Å². The molecule has 0 radical (unpaired) electrons. The van der Waals surface area contributed by atoms with Crippen molar-refractivity contribution >= 4 is 5.91 Å². The Morgan fingerprint density at radius 2 is 1.58 bits per heavy atom. The summed E-state index contributed by atoms with van der Waals surface area (Å²) in [6.45, 7) is 0.293. The first kappa shape index (κ1) is 18.6. The lowest BCUT2D eigenvalue weighted by Crippen LogP contribution is -2.40. The minimum atomic E-state index is -4.98. The summed E-state index contributed by atoms with van der Waals surface area (Å²) in [5.74, 6) is -0.987. The van der Waals surface area contributed by atoms with E-state index in [0.29, 0.717) is 25.1 Å². The number of hydrogen-bond acceptors (Lipinski definition) is 2. The van der Waals surface area contributed by atoms with Crippen molar-refractivity contribution in [1.29, 1.82) is 0 Å². The van der Waals surface area contributed by atoms with Crippen LogP contribution in [0.25, 0.3) is 0 Å². The van der Waals surface area contributed by atoms with Gasteiger partial charge in [-0.2, -0.15) is 26.3 Å². The van der Waals surface area contributed by atoms with Gasteiger partial charge in [-0.3, -0.25) is 4.79 Å². The number of rotatable bonds is 3. The van der Waals surface area contributed by atoms with E-state index in [2.05, 4.69) is 5.32 Å². The predicted octanol–water partition coefficient (Wildman–Crippen LogP) is 3.58. The maximum Gasteiger partial charge on any atom is 0.416 e. The molecule has 0 bridgehead atoms. The highest BCUT2D eigenvalue weighted by molar-refractivity contribution is 5.95. The zero-order valence-electron chi connectivity index (χ0n) is 12.5. The highest BCUT2D eigenvalue weighted by Gasteiger charge is 2.38. The van der Waals surface area contributed by atoms with Gasteiger partial charge in [0.05, 0.1) is 11.1 Å². The molecule has 1 aliphatic carbocycles. The highest BCUT2D eigenvalue weighted by Crippen LogP contribution is 2.36. The molecule has 0 heterocycles. The lowest BCUT2D eigenvalue weighted by molar-refractivity contribution is -0.143. The van der Waals surface area contributed by atoms with E-state index in [0.717, 1.165) is 12.8 Å². The van der Waals surface area contributed by atoms with Crippen molar-refractivity contribution in [2.45, 2.75) is 37.7 Å². The van der Waals surface area contributed by atoms with Crippen molar-refractivity contribution in [2.24, 2.45) is 11.7 Å². The lowest BCUT2D eigenvalue weighted by atomic mass is 10.0. The van der Waals surface area contributed by atoms with Gasteiger partial charge in [0.1, 0.15) is 0 Å². The zero-order chi connectivity index (χ0) is 18.1. The molecule has 2 unspecified atom stereocenters. The summed E-state index contributed by atoms with van der Waals surface area (Å²) >= 11 is 0. The van der Waals surface area contributed by atoms with E-state index in [1.165, 1.54) is 0 Å². The monoisotopic (exact) mass is 354 g/mol. The molecule has 0 spiro atoms. The van der Waals surface area contributed by atoms with Crippen LogP contribution in [0.5, 0.6) is 0 Å². The van der Waals surface area contributed by atoms with E-state index in [1.807, 2.05) is 0 Å². The molecule has 1 aliphatic rings. The van der Waals surface area contributed by atoms with Crippen LogP contribution in [0, 0.1) is 5.92 Å². The summed E-state index contributed by atoms with van der Waals surface area (Å²) in [6.07, 6.45) is -7.81. The van der Waals surface area contributed by atoms with Crippen molar-refractivity contribution in [2.75, 3.05) is 6.54 Å². The standard InChI is InChI=1S/C15H16F6N2O/c16-14(17,18)10-4-9(5-11(6-10)15(19,20)21)13(24)23-12-3-1-2-8(12)7-22/h4-6,8,12H,1-3,7,22H2,(H,23,24). The second kappa shape index (κ2) is 6.62. The molecule has 0 saturated heterocycles. The first-order chi connectivity index (χ1) is 11.0. The summed E-state index contributed by atoms with van der Waals surface area (Å²) in [4.78, 5) is 12.1. The topological polar surface area (TPSA) is 55.1 Å². The van der Waals surface area contributed by atoms with Gasteiger partial charge in [-0.25, -0.2) is 0 Å². The Morgan fingerprint density at radius 3 is 2.04 bits per heavy atom. The van der Waals surface area contributed by atoms with Gasteiger partial charge in [0.15, 0.2) is 0 Å². The summed E-state index contributed by atoms with van der Waals surface area (Å²) in [7, 11) is 0. The Balaban J connectivity index is 2.32. The maximum absolute atomic E-state index is 12.8. The smallest absolute Gasteiger partial charge is 0.349 e.